The summed E-state index contributed by atoms with van der Waals surface area (Å²) in [6, 6.07) is 1.03. The van der Waals surface area contributed by atoms with Crippen LogP contribution in [0, 0.1) is 6.92 Å². The number of amides is 2. The second-order valence-corrected chi connectivity index (χ2v) is 5.76. The number of methoxy groups -OCH3 is 1. The minimum Gasteiger partial charge on any atom is -0.490 e. The number of aromatic nitrogens is 1. The highest BCUT2D eigenvalue weighted by Gasteiger charge is 2.19. The fraction of sp³-hybridized carbons (Fsp3) is 0.286. The average Bonchev–Trinajstić information content (AvgIpc) is 2.86. The minimum atomic E-state index is -0.637. The van der Waals surface area contributed by atoms with Crippen LogP contribution in [-0.4, -0.2) is 42.9 Å². The molecule has 0 aliphatic carbocycles. The first-order valence-electron chi connectivity index (χ1n) is 6.50. The predicted molar refractivity (Wildman–Crippen MR) is 84.4 cm³/mol. The molecular formula is C14H15N3O5S. The van der Waals surface area contributed by atoms with Gasteiger partial charge in [-0.1, -0.05) is 11.3 Å². The molecule has 2 amide bonds. The van der Waals surface area contributed by atoms with Gasteiger partial charge in [-0.25, -0.2) is 4.98 Å². The van der Waals surface area contributed by atoms with E-state index in [1.165, 1.54) is 12.0 Å². The van der Waals surface area contributed by atoms with Crippen LogP contribution in [-0.2, 0) is 0 Å². The molecule has 1 N–H and O–H groups in total. The van der Waals surface area contributed by atoms with Gasteiger partial charge < -0.3 is 14.1 Å². The maximum atomic E-state index is 12.1. The lowest BCUT2D eigenvalue weighted by Crippen LogP contribution is -2.21. The summed E-state index contributed by atoms with van der Waals surface area (Å²) in [5, 5.41) is 2.75. The Kier molecular flexibility index (Phi) is 4.80. The molecule has 0 aliphatic heterocycles. The summed E-state index contributed by atoms with van der Waals surface area (Å²) >= 11 is 1.05. The van der Waals surface area contributed by atoms with Crippen LogP contribution in [0.3, 0.4) is 0 Å². The van der Waals surface area contributed by atoms with Gasteiger partial charge in [-0.15, -0.1) is 0 Å². The second-order valence-electron chi connectivity index (χ2n) is 4.76. The topological polar surface area (TPSA) is 102 Å². The lowest BCUT2D eigenvalue weighted by molar-refractivity contribution is 0.0831. The van der Waals surface area contributed by atoms with Crippen LogP contribution in [0.25, 0.3) is 0 Å². The number of ether oxygens (including phenoxy) is 1. The zero-order chi connectivity index (χ0) is 17.1. The molecule has 2 aromatic heterocycles. The van der Waals surface area contributed by atoms with E-state index in [2.05, 4.69) is 10.3 Å². The van der Waals surface area contributed by atoms with Crippen molar-refractivity contribution in [1.82, 2.24) is 9.88 Å². The van der Waals surface area contributed by atoms with E-state index in [1.54, 1.807) is 21.0 Å². The Hall–Kier alpha value is -2.68. The van der Waals surface area contributed by atoms with Crippen molar-refractivity contribution in [1.29, 1.82) is 0 Å². The van der Waals surface area contributed by atoms with Crippen LogP contribution in [0.2, 0.25) is 0 Å². The Morgan fingerprint density at radius 3 is 2.65 bits per heavy atom. The standard InChI is InChI=1S/C14H15N3O5S/c1-7-11(13(20)17(2)3)23-14(15-7)16-12(19)9-5-8(18)10(21-4)6-22-9/h5-6H,1-4H3,(H,15,16,19). The molecule has 0 aliphatic rings. The third kappa shape index (κ3) is 3.57. The van der Waals surface area contributed by atoms with Crippen molar-refractivity contribution in [2.45, 2.75) is 6.92 Å². The summed E-state index contributed by atoms with van der Waals surface area (Å²) in [6.07, 6.45) is 1.06. The monoisotopic (exact) mass is 337 g/mol. The highest BCUT2D eigenvalue weighted by atomic mass is 32.1. The smallest absolute Gasteiger partial charge is 0.293 e. The molecule has 0 spiro atoms. The van der Waals surface area contributed by atoms with Gasteiger partial charge in [0.2, 0.25) is 11.2 Å². The van der Waals surface area contributed by atoms with E-state index in [0.717, 1.165) is 23.7 Å². The fourth-order valence-corrected chi connectivity index (χ4v) is 2.66. The summed E-state index contributed by atoms with van der Waals surface area (Å²) in [4.78, 5) is 41.6. The molecule has 0 saturated carbocycles. The number of nitrogens with one attached hydrogen (secondary N) is 1. The number of thiazole rings is 1. The molecule has 0 unspecified atom stereocenters. The third-order valence-electron chi connectivity index (χ3n) is 2.86. The fourth-order valence-electron chi connectivity index (χ4n) is 1.68. The van der Waals surface area contributed by atoms with E-state index in [4.69, 9.17) is 9.15 Å². The van der Waals surface area contributed by atoms with Gasteiger partial charge in [0.15, 0.2) is 10.9 Å². The molecule has 2 rings (SSSR count). The number of hydrogen-bond acceptors (Lipinski definition) is 7. The Morgan fingerprint density at radius 2 is 2.09 bits per heavy atom. The first-order valence-corrected chi connectivity index (χ1v) is 7.32. The van der Waals surface area contributed by atoms with Crippen molar-refractivity contribution < 1.29 is 18.7 Å². The molecule has 0 atom stereocenters. The number of carbonyl (C=O) groups is 2. The molecule has 0 fully saturated rings. The molecule has 2 aromatic rings. The Bertz CT molecular complexity index is 809. The van der Waals surface area contributed by atoms with Crippen LogP contribution in [0.15, 0.2) is 21.5 Å². The van der Waals surface area contributed by atoms with Gasteiger partial charge in [0.1, 0.15) is 11.1 Å². The molecule has 9 heteroatoms. The largest absolute Gasteiger partial charge is 0.490 e. The maximum absolute atomic E-state index is 12.1. The first-order chi connectivity index (χ1) is 10.8. The van der Waals surface area contributed by atoms with Crippen molar-refractivity contribution in [2.75, 3.05) is 26.5 Å². The van der Waals surface area contributed by atoms with E-state index in [-0.39, 0.29) is 22.5 Å². The van der Waals surface area contributed by atoms with Crippen molar-refractivity contribution in [2.24, 2.45) is 0 Å². The van der Waals surface area contributed by atoms with Crippen LogP contribution in [0.4, 0.5) is 5.13 Å². The van der Waals surface area contributed by atoms with E-state index >= 15 is 0 Å². The molecule has 0 saturated heterocycles. The number of aryl methyl sites for hydroxylation is 1. The van der Waals surface area contributed by atoms with Gasteiger partial charge in [-0.3, -0.25) is 19.7 Å². The quantitative estimate of drug-likeness (QED) is 0.904. The van der Waals surface area contributed by atoms with E-state index in [9.17, 15) is 14.4 Å². The minimum absolute atomic E-state index is 0.00510. The Morgan fingerprint density at radius 1 is 1.39 bits per heavy atom. The summed E-state index contributed by atoms with van der Waals surface area (Å²) in [5.74, 6) is -1.01. The summed E-state index contributed by atoms with van der Waals surface area (Å²) in [5.41, 5.74) is 0.0443. The highest BCUT2D eigenvalue weighted by Crippen LogP contribution is 2.24. The molecular weight excluding hydrogens is 322 g/mol. The van der Waals surface area contributed by atoms with Gasteiger partial charge in [0, 0.05) is 20.2 Å². The summed E-state index contributed by atoms with van der Waals surface area (Å²) in [7, 11) is 4.59. The summed E-state index contributed by atoms with van der Waals surface area (Å²) in [6.45, 7) is 1.68. The van der Waals surface area contributed by atoms with Crippen LogP contribution < -0.4 is 15.5 Å². The van der Waals surface area contributed by atoms with Crippen molar-refractivity contribution in [3.63, 3.8) is 0 Å². The van der Waals surface area contributed by atoms with Crippen LogP contribution in [0.5, 0.6) is 5.75 Å². The normalized spacial score (nSPS) is 10.3. The Labute approximate surface area is 135 Å². The maximum Gasteiger partial charge on any atom is 0.293 e. The number of carbonyl (C=O) groups excluding carboxylic acids is 2. The van der Waals surface area contributed by atoms with Gasteiger partial charge in [-0.2, -0.15) is 0 Å². The van der Waals surface area contributed by atoms with E-state index in [0.29, 0.717) is 10.6 Å². The first kappa shape index (κ1) is 16.7. The van der Waals surface area contributed by atoms with Gasteiger partial charge in [0.05, 0.1) is 12.8 Å². The predicted octanol–water partition coefficient (Wildman–Crippen LogP) is 1.37. The molecule has 23 heavy (non-hydrogen) atoms. The van der Waals surface area contributed by atoms with Gasteiger partial charge in [0.25, 0.3) is 11.8 Å². The Balaban J connectivity index is 2.21. The third-order valence-corrected chi connectivity index (χ3v) is 3.92. The molecule has 122 valence electrons. The number of nitrogens with zero attached hydrogens (tertiary/aromatic N) is 2. The van der Waals surface area contributed by atoms with Gasteiger partial charge >= 0.3 is 0 Å². The molecule has 2 heterocycles. The van der Waals surface area contributed by atoms with Crippen molar-refractivity contribution >= 4 is 28.3 Å². The van der Waals surface area contributed by atoms with E-state index in [1.807, 2.05) is 0 Å². The molecule has 0 radical (unpaired) electrons. The molecule has 8 nitrogen and oxygen atoms in total. The SMILES string of the molecule is COc1coc(C(=O)Nc2nc(C)c(C(=O)N(C)C)s2)cc1=O. The number of anilines is 1. The lowest BCUT2D eigenvalue weighted by atomic mass is 10.3. The zero-order valence-electron chi connectivity index (χ0n) is 13.0. The summed E-state index contributed by atoms with van der Waals surface area (Å²) < 4.78 is 9.83. The zero-order valence-corrected chi connectivity index (χ0v) is 13.8. The second kappa shape index (κ2) is 6.61. The lowest BCUT2D eigenvalue weighted by Gasteiger charge is -2.07. The highest BCUT2D eigenvalue weighted by molar-refractivity contribution is 7.17. The number of rotatable bonds is 4. The van der Waals surface area contributed by atoms with Gasteiger partial charge in [-0.05, 0) is 6.92 Å². The van der Waals surface area contributed by atoms with Crippen molar-refractivity contribution in [3.8, 4) is 5.75 Å². The molecule has 0 aromatic carbocycles. The van der Waals surface area contributed by atoms with E-state index < -0.39 is 11.3 Å². The van der Waals surface area contributed by atoms with Crippen LogP contribution in [0.1, 0.15) is 25.9 Å². The van der Waals surface area contributed by atoms with Crippen LogP contribution >= 0.6 is 11.3 Å². The average molecular weight is 337 g/mol. The molecule has 0 bridgehead atoms. The number of hydrogen-bond donors (Lipinski definition) is 1. The van der Waals surface area contributed by atoms with Crippen molar-refractivity contribution in [3.05, 3.63) is 38.9 Å².